The third-order valence-corrected chi connectivity index (χ3v) is 4.32. The zero-order valence-electron chi connectivity index (χ0n) is 9.40. The van der Waals surface area contributed by atoms with Crippen molar-refractivity contribution < 1.29 is 4.92 Å². The van der Waals surface area contributed by atoms with Gasteiger partial charge in [0.05, 0.1) is 15.6 Å². The minimum absolute atomic E-state index is 0.0589. The number of anilines is 1. The molecule has 0 saturated heterocycles. The van der Waals surface area contributed by atoms with Gasteiger partial charge in [-0.15, -0.1) is 0 Å². The first-order chi connectivity index (χ1) is 8.09. The molecule has 92 valence electrons. The first kappa shape index (κ1) is 12.5. The van der Waals surface area contributed by atoms with E-state index in [1.165, 1.54) is 6.07 Å². The summed E-state index contributed by atoms with van der Waals surface area (Å²) in [5.74, 6) is 1.05. The van der Waals surface area contributed by atoms with Crippen LogP contribution in [0.5, 0.6) is 0 Å². The highest BCUT2D eigenvalue weighted by atomic mass is 35.5. The number of hydrogen-bond acceptors (Lipinski definition) is 4. The summed E-state index contributed by atoms with van der Waals surface area (Å²) in [5, 5.41) is 14.7. The van der Waals surface area contributed by atoms with Gasteiger partial charge in [0.15, 0.2) is 0 Å². The fraction of sp³-hybridized carbons (Fsp3) is 0.455. The maximum atomic E-state index is 10.8. The van der Waals surface area contributed by atoms with Gasteiger partial charge in [0.2, 0.25) is 0 Å². The second-order valence-electron chi connectivity index (χ2n) is 3.94. The van der Waals surface area contributed by atoms with Crippen LogP contribution < -0.4 is 5.32 Å². The van der Waals surface area contributed by atoms with E-state index in [-0.39, 0.29) is 10.9 Å². The van der Waals surface area contributed by atoms with Gasteiger partial charge in [-0.2, -0.15) is 11.8 Å². The van der Waals surface area contributed by atoms with Crippen LogP contribution in [-0.2, 0) is 0 Å². The van der Waals surface area contributed by atoms with Gasteiger partial charge in [-0.3, -0.25) is 10.1 Å². The van der Waals surface area contributed by atoms with Gasteiger partial charge in [-0.05, 0) is 24.7 Å². The van der Waals surface area contributed by atoms with Crippen molar-refractivity contribution >= 4 is 34.7 Å². The molecule has 1 aliphatic heterocycles. The summed E-state index contributed by atoms with van der Waals surface area (Å²) in [7, 11) is 0. The molecule has 0 radical (unpaired) electrons. The first-order valence-electron chi connectivity index (χ1n) is 5.43. The minimum atomic E-state index is -0.400. The second-order valence-corrected chi connectivity index (χ2v) is 5.80. The van der Waals surface area contributed by atoms with E-state index < -0.39 is 4.92 Å². The summed E-state index contributed by atoms with van der Waals surface area (Å²) in [5.41, 5.74) is 1.83. The van der Waals surface area contributed by atoms with Gasteiger partial charge in [-0.1, -0.05) is 11.6 Å². The lowest BCUT2D eigenvalue weighted by Gasteiger charge is -2.21. The first-order valence-corrected chi connectivity index (χ1v) is 6.85. The molecule has 1 atom stereocenters. The topological polar surface area (TPSA) is 55.2 Å². The summed E-state index contributed by atoms with van der Waals surface area (Å²) in [4.78, 5) is 10.4. The number of thioether (sulfide) groups is 1. The predicted octanol–water partition coefficient (Wildman–Crippen LogP) is 3.86. The van der Waals surface area contributed by atoms with Crippen LogP contribution in [0.4, 0.5) is 11.4 Å². The Bertz CT molecular complexity index is 453. The Balaban J connectivity index is 2.51. The molecular weight excluding hydrogens is 260 g/mol. The minimum Gasteiger partial charge on any atom is -0.384 e. The van der Waals surface area contributed by atoms with Crippen molar-refractivity contribution in [2.75, 3.05) is 17.6 Å². The van der Waals surface area contributed by atoms with Crippen molar-refractivity contribution in [2.24, 2.45) is 0 Å². The molecule has 1 aliphatic rings. The van der Waals surface area contributed by atoms with E-state index in [1.54, 1.807) is 17.8 Å². The fourth-order valence-electron chi connectivity index (χ4n) is 1.86. The van der Waals surface area contributed by atoms with Crippen LogP contribution in [0.3, 0.4) is 0 Å². The van der Waals surface area contributed by atoms with Crippen LogP contribution in [0.15, 0.2) is 12.1 Å². The van der Waals surface area contributed by atoms with E-state index in [0.29, 0.717) is 5.02 Å². The summed E-state index contributed by atoms with van der Waals surface area (Å²) in [6, 6.07) is 3.03. The van der Waals surface area contributed by atoms with Crippen molar-refractivity contribution in [1.29, 1.82) is 0 Å². The number of nitrogens with one attached hydrogen (secondary N) is 1. The number of fused-ring (bicyclic) bond motifs is 1. The average molecular weight is 273 g/mol. The van der Waals surface area contributed by atoms with Crippen LogP contribution >= 0.6 is 23.4 Å². The van der Waals surface area contributed by atoms with Gasteiger partial charge >= 0.3 is 0 Å². The Morgan fingerprint density at radius 1 is 1.59 bits per heavy atom. The van der Waals surface area contributed by atoms with Crippen molar-refractivity contribution in [3.05, 3.63) is 32.8 Å². The lowest BCUT2D eigenvalue weighted by Crippen LogP contribution is -2.10. The van der Waals surface area contributed by atoms with Crippen molar-refractivity contribution in [2.45, 2.75) is 18.6 Å². The summed E-state index contributed by atoms with van der Waals surface area (Å²) in [6.45, 7) is 2.90. The number of benzene rings is 1. The highest BCUT2D eigenvalue weighted by Crippen LogP contribution is 2.41. The molecule has 0 fully saturated rings. The molecule has 17 heavy (non-hydrogen) atoms. The van der Waals surface area contributed by atoms with Crippen LogP contribution in [-0.4, -0.2) is 17.2 Å². The molecule has 6 heteroatoms. The van der Waals surface area contributed by atoms with Crippen LogP contribution in [0.2, 0.25) is 5.02 Å². The molecule has 2 rings (SSSR count). The SMILES string of the molecule is CC1SCCCNc2c(Cl)cc([N+](=O)[O-])cc21. The molecule has 1 heterocycles. The van der Waals surface area contributed by atoms with Crippen LogP contribution in [0.1, 0.15) is 24.2 Å². The number of non-ortho nitro benzene ring substituents is 1. The zero-order valence-corrected chi connectivity index (χ0v) is 11.0. The lowest BCUT2D eigenvalue weighted by atomic mass is 10.1. The van der Waals surface area contributed by atoms with E-state index in [0.717, 1.165) is 30.0 Å². The molecule has 0 amide bonds. The highest BCUT2D eigenvalue weighted by Gasteiger charge is 2.20. The maximum Gasteiger partial charge on any atom is 0.271 e. The largest absolute Gasteiger partial charge is 0.384 e. The van der Waals surface area contributed by atoms with E-state index in [4.69, 9.17) is 11.6 Å². The number of halogens is 1. The number of rotatable bonds is 1. The molecule has 0 aromatic heterocycles. The van der Waals surface area contributed by atoms with Crippen molar-refractivity contribution in [1.82, 2.24) is 0 Å². The molecule has 1 aromatic rings. The number of nitro benzene ring substituents is 1. The normalized spacial score (nSPS) is 19.8. The number of nitrogens with zero attached hydrogens (tertiary/aromatic N) is 1. The predicted molar refractivity (Wildman–Crippen MR) is 72.1 cm³/mol. The number of nitro groups is 1. The van der Waals surface area contributed by atoms with E-state index >= 15 is 0 Å². The van der Waals surface area contributed by atoms with Crippen molar-refractivity contribution in [3.63, 3.8) is 0 Å². The standard InChI is InChI=1S/C11H13ClN2O2S/c1-7-9-5-8(14(15)16)6-10(12)11(9)13-3-2-4-17-7/h5-7,13H,2-4H2,1H3. The Kier molecular flexibility index (Phi) is 3.79. The molecule has 1 N–H and O–H groups in total. The van der Waals surface area contributed by atoms with Crippen LogP contribution in [0.25, 0.3) is 0 Å². The van der Waals surface area contributed by atoms with Crippen molar-refractivity contribution in [3.8, 4) is 0 Å². The summed E-state index contributed by atoms with van der Waals surface area (Å²) >= 11 is 7.91. The van der Waals surface area contributed by atoms with Gasteiger partial charge in [0.25, 0.3) is 5.69 Å². The van der Waals surface area contributed by atoms with E-state index in [9.17, 15) is 10.1 Å². The highest BCUT2D eigenvalue weighted by molar-refractivity contribution is 7.99. The molecule has 0 spiro atoms. The third-order valence-electron chi connectivity index (χ3n) is 2.75. The molecule has 1 unspecified atom stereocenters. The van der Waals surface area contributed by atoms with Gasteiger partial charge in [-0.25, -0.2) is 0 Å². The number of hydrogen-bond donors (Lipinski definition) is 1. The molecule has 0 saturated carbocycles. The van der Waals surface area contributed by atoms with Crippen LogP contribution in [0, 0.1) is 10.1 Å². The lowest BCUT2D eigenvalue weighted by molar-refractivity contribution is -0.384. The molecule has 1 aromatic carbocycles. The van der Waals surface area contributed by atoms with E-state index in [2.05, 4.69) is 12.2 Å². The molecule has 0 aliphatic carbocycles. The Morgan fingerprint density at radius 3 is 3.06 bits per heavy atom. The third kappa shape index (κ3) is 2.66. The van der Waals surface area contributed by atoms with Gasteiger partial charge in [0.1, 0.15) is 0 Å². The summed E-state index contributed by atoms with van der Waals surface area (Å²) in [6.07, 6.45) is 1.07. The Morgan fingerprint density at radius 2 is 2.35 bits per heavy atom. The molecular formula is C11H13ClN2O2S. The smallest absolute Gasteiger partial charge is 0.271 e. The Labute approximate surface area is 109 Å². The fourth-order valence-corrected chi connectivity index (χ4v) is 3.18. The second kappa shape index (κ2) is 5.14. The maximum absolute atomic E-state index is 10.8. The summed E-state index contributed by atoms with van der Waals surface area (Å²) < 4.78 is 0. The molecule has 0 bridgehead atoms. The Hall–Kier alpha value is -0.940. The zero-order chi connectivity index (χ0) is 12.4. The monoisotopic (exact) mass is 272 g/mol. The van der Waals surface area contributed by atoms with Gasteiger partial charge in [0, 0.05) is 23.9 Å². The van der Waals surface area contributed by atoms with Gasteiger partial charge < -0.3 is 5.32 Å². The molecule has 4 nitrogen and oxygen atoms in total. The quantitative estimate of drug-likeness (QED) is 0.623. The average Bonchev–Trinajstić information content (AvgIpc) is 2.26. The van der Waals surface area contributed by atoms with E-state index in [1.807, 2.05) is 0 Å².